The third-order valence-corrected chi connectivity index (χ3v) is 2.70. The van der Waals surface area contributed by atoms with E-state index in [-0.39, 0.29) is 6.04 Å². The molecule has 2 heterocycles. The van der Waals surface area contributed by atoms with Crippen LogP contribution in [-0.2, 0) is 12.8 Å². The van der Waals surface area contributed by atoms with E-state index in [9.17, 15) is 0 Å². The molecule has 16 heavy (non-hydrogen) atoms. The van der Waals surface area contributed by atoms with Gasteiger partial charge in [0.05, 0.1) is 24.8 Å². The molecule has 0 radical (unpaired) electrons. The van der Waals surface area contributed by atoms with Gasteiger partial charge in [0, 0.05) is 12.0 Å². The van der Waals surface area contributed by atoms with Crippen molar-refractivity contribution in [2.24, 2.45) is 5.84 Å². The Labute approximate surface area is 94.4 Å². The van der Waals surface area contributed by atoms with E-state index in [1.54, 1.807) is 18.8 Å². The van der Waals surface area contributed by atoms with E-state index >= 15 is 0 Å². The average Bonchev–Trinajstić information content (AvgIpc) is 2.96. The number of hydrogen-bond donors (Lipinski definition) is 2. The van der Waals surface area contributed by atoms with Crippen molar-refractivity contribution in [2.45, 2.75) is 25.8 Å². The Hall–Kier alpha value is -1.52. The first kappa shape index (κ1) is 11.0. The second-order valence-corrected chi connectivity index (χ2v) is 3.71. The highest BCUT2D eigenvalue weighted by Gasteiger charge is 2.16. The van der Waals surface area contributed by atoms with Crippen LogP contribution in [0.4, 0.5) is 0 Å². The summed E-state index contributed by atoms with van der Waals surface area (Å²) < 4.78 is 10.4. The highest BCUT2D eigenvalue weighted by atomic mass is 16.3. The standard InChI is InChI=1S/C12H16N2O2/c1-2-12-10(4-6-16-12)11(14-13)7-9-3-5-15-8-9/h3-6,8,11,14H,2,7,13H2,1H3. The van der Waals surface area contributed by atoms with Crippen molar-refractivity contribution in [3.8, 4) is 0 Å². The molecule has 2 aromatic rings. The summed E-state index contributed by atoms with van der Waals surface area (Å²) in [6, 6.07) is 3.96. The second-order valence-electron chi connectivity index (χ2n) is 3.71. The molecule has 0 amide bonds. The fraction of sp³-hybridized carbons (Fsp3) is 0.333. The molecule has 2 aromatic heterocycles. The summed E-state index contributed by atoms with van der Waals surface area (Å²) in [7, 11) is 0. The molecule has 1 unspecified atom stereocenters. The van der Waals surface area contributed by atoms with E-state index in [0.29, 0.717) is 0 Å². The molecule has 4 nitrogen and oxygen atoms in total. The molecule has 0 spiro atoms. The lowest BCUT2D eigenvalue weighted by molar-refractivity contribution is 0.485. The largest absolute Gasteiger partial charge is 0.472 e. The summed E-state index contributed by atoms with van der Waals surface area (Å²) in [5.74, 6) is 6.56. The molecule has 0 saturated heterocycles. The van der Waals surface area contributed by atoms with Crippen LogP contribution < -0.4 is 11.3 Å². The quantitative estimate of drug-likeness (QED) is 0.598. The second kappa shape index (κ2) is 5.01. The first-order valence-electron chi connectivity index (χ1n) is 5.38. The SMILES string of the molecule is CCc1occc1C(Cc1ccoc1)NN. The molecule has 0 aliphatic heterocycles. The van der Waals surface area contributed by atoms with Gasteiger partial charge in [-0.3, -0.25) is 11.3 Å². The summed E-state index contributed by atoms with van der Waals surface area (Å²) in [4.78, 5) is 0. The monoisotopic (exact) mass is 220 g/mol. The number of aryl methyl sites for hydroxylation is 1. The van der Waals surface area contributed by atoms with Crippen LogP contribution in [0.1, 0.15) is 29.9 Å². The Morgan fingerprint density at radius 3 is 2.88 bits per heavy atom. The Balaban J connectivity index is 2.16. The minimum absolute atomic E-state index is 0.0614. The van der Waals surface area contributed by atoms with Gasteiger partial charge in [0.15, 0.2) is 0 Å². The number of rotatable bonds is 5. The predicted octanol–water partition coefficient (Wildman–Crippen LogP) is 2.18. The third-order valence-electron chi connectivity index (χ3n) is 2.70. The van der Waals surface area contributed by atoms with E-state index in [2.05, 4.69) is 12.3 Å². The molecule has 1 atom stereocenters. The molecule has 3 N–H and O–H groups in total. The van der Waals surface area contributed by atoms with Gasteiger partial charge in [-0.25, -0.2) is 0 Å². The fourth-order valence-electron chi connectivity index (χ4n) is 1.85. The van der Waals surface area contributed by atoms with Crippen LogP contribution in [0, 0.1) is 0 Å². The predicted molar refractivity (Wildman–Crippen MR) is 60.6 cm³/mol. The molecular weight excluding hydrogens is 204 g/mol. The Bertz CT molecular complexity index is 420. The normalized spacial score (nSPS) is 12.9. The maximum atomic E-state index is 5.58. The maximum Gasteiger partial charge on any atom is 0.108 e. The first-order chi connectivity index (χ1) is 7.85. The van der Waals surface area contributed by atoms with Crippen LogP contribution in [0.2, 0.25) is 0 Å². The van der Waals surface area contributed by atoms with Crippen molar-refractivity contribution in [1.82, 2.24) is 5.43 Å². The lowest BCUT2D eigenvalue weighted by atomic mass is 10.0. The van der Waals surface area contributed by atoms with Crippen molar-refractivity contribution >= 4 is 0 Å². The van der Waals surface area contributed by atoms with Gasteiger partial charge in [-0.2, -0.15) is 0 Å². The van der Waals surface area contributed by atoms with Crippen LogP contribution in [0.15, 0.2) is 39.8 Å². The highest BCUT2D eigenvalue weighted by Crippen LogP contribution is 2.23. The minimum atomic E-state index is 0.0614. The molecule has 0 aromatic carbocycles. The number of nitrogens with one attached hydrogen (secondary N) is 1. The Morgan fingerprint density at radius 1 is 1.38 bits per heavy atom. The van der Waals surface area contributed by atoms with Crippen LogP contribution in [0.3, 0.4) is 0 Å². The lowest BCUT2D eigenvalue weighted by Gasteiger charge is -2.14. The Kier molecular flexibility index (Phi) is 3.44. The molecule has 86 valence electrons. The molecule has 0 fully saturated rings. The van der Waals surface area contributed by atoms with Gasteiger partial charge in [-0.15, -0.1) is 0 Å². The van der Waals surface area contributed by atoms with Gasteiger partial charge in [0.25, 0.3) is 0 Å². The van der Waals surface area contributed by atoms with E-state index in [1.807, 2.05) is 12.1 Å². The fourth-order valence-corrected chi connectivity index (χ4v) is 1.85. The minimum Gasteiger partial charge on any atom is -0.472 e. The van der Waals surface area contributed by atoms with Crippen molar-refractivity contribution in [2.75, 3.05) is 0 Å². The lowest BCUT2D eigenvalue weighted by Crippen LogP contribution is -2.29. The smallest absolute Gasteiger partial charge is 0.108 e. The summed E-state index contributed by atoms with van der Waals surface area (Å²) in [5.41, 5.74) is 5.05. The first-order valence-corrected chi connectivity index (χ1v) is 5.38. The molecule has 0 saturated carbocycles. The van der Waals surface area contributed by atoms with E-state index < -0.39 is 0 Å². The third kappa shape index (κ3) is 2.18. The van der Waals surface area contributed by atoms with E-state index in [0.717, 1.165) is 29.7 Å². The summed E-state index contributed by atoms with van der Waals surface area (Å²) in [5, 5.41) is 0. The van der Waals surface area contributed by atoms with E-state index in [4.69, 9.17) is 14.7 Å². The van der Waals surface area contributed by atoms with Crippen LogP contribution in [0.5, 0.6) is 0 Å². The summed E-state index contributed by atoms with van der Waals surface area (Å²) in [6.07, 6.45) is 6.76. The number of hydrogen-bond acceptors (Lipinski definition) is 4. The van der Waals surface area contributed by atoms with Crippen LogP contribution in [0.25, 0.3) is 0 Å². The van der Waals surface area contributed by atoms with Gasteiger partial charge in [-0.05, 0) is 24.1 Å². The number of furan rings is 2. The van der Waals surface area contributed by atoms with Gasteiger partial charge in [-0.1, -0.05) is 6.92 Å². The van der Waals surface area contributed by atoms with Gasteiger partial charge in [0.2, 0.25) is 0 Å². The molecular formula is C12H16N2O2. The molecule has 0 aliphatic rings. The summed E-state index contributed by atoms with van der Waals surface area (Å²) in [6.45, 7) is 2.06. The number of hydrazine groups is 1. The zero-order valence-electron chi connectivity index (χ0n) is 9.27. The highest BCUT2D eigenvalue weighted by molar-refractivity contribution is 5.24. The molecule has 0 bridgehead atoms. The van der Waals surface area contributed by atoms with Crippen molar-refractivity contribution in [1.29, 1.82) is 0 Å². The molecule has 2 rings (SSSR count). The van der Waals surface area contributed by atoms with Crippen molar-refractivity contribution in [3.05, 3.63) is 47.8 Å². The number of nitrogens with two attached hydrogens (primary N) is 1. The topological polar surface area (TPSA) is 64.3 Å². The van der Waals surface area contributed by atoms with Crippen LogP contribution in [-0.4, -0.2) is 0 Å². The van der Waals surface area contributed by atoms with Crippen LogP contribution >= 0.6 is 0 Å². The Morgan fingerprint density at radius 2 is 2.25 bits per heavy atom. The van der Waals surface area contributed by atoms with Crippen molar-refractivity contribution in [3.63, 3.8) is 0 Å². The molecule has 4 heteroatoms. The molecule has 0 aliphatic carbocycles. The maximum absolute atomic E-state index is 5.58. The van der Waals surface area contributed by atoms with Gasteiger partial charge in [0.1, 0.15) is 5.76 Å². The van der Waals surface area contributed by atoms with Crippen molar-refractivity contribution < 1.29 is 8.83 Å². The zero-order chi connectivity index (χ0) is 11.4. The zero-order valence-corrected chi connectivity index (χ0v) is 9.27. The summed E-state index contributed by atoms with van der Waals surface area (Å²) >= 11 is 0. The van der Waals surface area contributed by atoms with Gasteiger partial charge < -0.3 is 8.83 Å². The van der Waals surface area contributed by atoms with E-state index in [1.165, 1.54) is 0 Å². The van der Waals surface area contributed by atoms with Gasteiger partial charge >= 0.3 is 0 Å². The average molecular weight is 220 g/mol.